The number of nitrogens with two attached hydrogens (primary N) is 1. The fraction of sp³-hybridized carbons (Fsp3) is 0.657. The zero-order chi connectivity index (χ0) is 34.2. The number of ether oxygens (including phenoxy) is 6. The number of aromatic nitrogens is 2. The van der Waals surface area contributed by atoms with Crippen molar-refractivity contribution < 1.29 is 38.0 Å². The molecule has 0 aliphatic heterocycles. The SMILES string of the molecule is CCCc1nc2c(N)nc3cc(CCCCCNC(=O)CCOCCOCCOCCOCCOCCOCCC(C)=O)ccc3c2s1. The highest BCUT2D eigenvalue weighted by atomic mass is 32.1. The summed E-state index contributed by atoms with van der Waals surface area (Å²) in [5, 5.41) is 5.20. The van der Waals surface area contributed by atoms with E-state index >= 15 is 0 Å². The van der Waals surface area contributed by atoms with Crippen LogP contribution in [0.15, 0.2) is 18.2 Å². The fourth-order valence-electron chi connectivity index (χ4n) is 4.77. The highest BCUT2D eigenvalue weighted by molar-refractivity contribution is 7.19. The molecule has 2 heterocycles. The maximum Gasteiger partial charge on any atom is 0.222 e. The van der Waals surface area contributed by atoms with Crippen LogP contribution in [-0.4, -0.2) is 107 Å². The average molecular weight is 691 g/mol. The molecule has 1 amide bonds. The number of nitrogen functional groups attached to an aromatic ring is 1. The smallest absolute Gasteiger partial charge is 0.222 e. The number of benzene rings is 1. The molecule has 0 fully saturated rings. The minimum atomic E-state index is 0.00272. The van der Waals surface area contributed by atoms with E-state index in [1.807, 2.05) is 0 Å². The molecule has 13 heteroatoms. The number of pyridine rings is 1. The Kier molecular flexibility index (Phi) is 20.1. The van der Waals surface area contributed by atoms with Crippen LogP contribution in [-0.2, 0) is 50.9 Å². The van der Waals surface area contributed by atoms with Gasteiger partial charge in [0.2, 0.25) is 5.91 Å². The molecule has 3 N–H and O–H groups in total. The third-order valence-electron chi connectivity index (χ3n) is 7.32. The van der Waals surface area contributed by atoms with E-state index < -0.39 is 0 Å². The summed E-state index contributed by atoms with van der Waals surface area (Å²) >= 11 is 1.72. The first-order valence-corrected chi connectivity index (χ1v) is 18.0. The van der Waals surface area contributed by atoms with Gasteiger partial charge in [0, 0.05) is 24.8 Å². The summed E-state index contributed by atoms with van der Waals surface area (Å²) in [6, 6.07) is 6.47. The molecule has 0 saturated carbocycles. The van der Waals surface area contributed by atoms with Gasteiger partial charge in [0.05, 0.1) is 94.5 Å². The Hall–Kier alpha value is -2.78. The average Bonchev–Trinajstić information content (AvgIpc) is 3.50. The van der Waals surface area contributed by atoms with Gasteiger partial charge in [0.15, 0.2) is 5.82 Å². The number of fused-ring (bicyclic) bond motifs is 3. The van der Waals surface area contributed by atoms with Crippen molar-refractivity contribution in [2.75, 3.05) is 91.6 Å². The van der Waals surface area contributed by atoms with E-state index in [-0.39, 0.29) is 11.7 Å². The lowest BCUT2D eigenvalue weighted by molar-refractivity contribution is -0.122. The Labute approximate surface area is 288 Å². The van der Waals surface area contributed by atoms with Crippen LogP contribution in [0.1, 0.15) is 62.9 Å². The first-order valence-electron chi connectivity index (χ1n) is 17.2. The molecule has 48 heavy (non-hydrogen) atoms. The van der Waals surface area contributed by atoms with E-state index in [1.54, 1.807) is 18.3 Å². The molecule has 12 nitrogen and oxygen atoms in total. The number of ketones is 1. The van der Waals surface area contributed by atoms with E-state index in [9.17, 15) is 9.59 Å². The number of carbonyl (C=O) groups is 2. The number of nitrogens with zero attached hydrogens (tertiary/aromatic N) is 2. The molecule has 0 radical (unpaired) electrons. The molecule has 0 spiro atoms. The highest BCUT2D eigenvalue weighted by Crippen LogP contribution is 2.33. The van der Waals surface area contributed by atoms with Crippen LogP contribution in [0, 0.1) is 0 Å². The lowest BCUT2D eigenvalue weighted by atomic mass is 10.0. The van der Waals surface area contributed by atoms with Gasteiger partial charge < -0.3 is 39.5 Å². The van der Waals surface area contributed by atoms with E-state index in [0.29, 0.717) is 104 Å². The number of thiazole rings is 1. The second-order valence-electron chi connectivity index (χ2n) is 11.4. The van der Waals surface area contributed by atoms with Gasteiger partial charge in [-0.05, 0) is 50.7 Å². The van der Waals surface area contributed by atoms with Crippen LogP contribution in [0.2, 0.25) is 0 Å². The normalized spacial score (nSPS) is 11.5. The van der Waals surface area contributed by atoms with Crippen molar-refractivity contribution in [3.63, 3.8) is 0 Å². The molecule has 2 aromatic heterocycles. The minimum absolute atomic E-state index is 0.00272. The summed E-state index contributed by atoms with van der Waals surface area (Å²) in [6.45, 7) is 9.91. The number of aryl methyl sites for hydroxylation is 2. The molecule has 0 unspecified atom stereocenters. The van der Waals surface area contributed by atoms with Crippen molar-refractivity contribution in [3.05, 3.63) is 28.8 Å². The summed E-state index contributed by atoms with van der Waals surface area (Å²) in [4.78, 5) is 32.2. The number of carbonyl (C=O) groups excluding carboxylic acids is 2. The summed E-state index contributed by atoms with van der Waals surface area (Å²) < 4.78 is 33.7. The zero-order valence-corrected chi connectivity index (χ0v) is 29.5. The summed E-state index contributed by atoms with van der Waals surface area (Å²) in [7, 11) is 0. The molecule has 0 aliphatic carbocycles. The highest BCUT2D eigenvalue weighted by Gasteiger charge is 2.12. The monoisotopic (exact) mass is 690 g/mol. The van der Waals surface area contributed by atoms with Gasteiger partial charge in [0.25, 0.3) is 0 Å². The third-order valence-corrected chi connectivity index (χ3v) is 8.47. The molecule has 0 saturated heterocycles. The Morgan fingerprint density at radius 3 is 1.92 bits per heavy atom. The van der Waals surface area contributed by atoms with Crippen LogP contribution < -0.4 is 11.1 Å². The van der Waals surface area contributed by atoms with Crippen LogP contribution in [0.5, 0.6) is 0 Å². The first kappa shape index (κ1) is 39.7. The van der Waals surface area contributed by atoms with Gasteiger partial charge in [0.1, 0.15) is 11.3 Å². The number of nitrogens with one attached hydrogen (secondary N) is 1. The van der Waals surface area contributed by atoms with E-state index in [0.717, 1.165) is 64.7 Å². The van der Waals surface area contributed by atoms with Crippen molar-refractivity contribution in [1.29, 1.82) is 0 Å². The van der Waals surface area contributed by atoms with Crippen molar-refractivity contribution in [2.45, 2.75) is 65.2 Å². The van der Waals surface area contributed by atoms with Gasteiger partial charge in [-0.25, -0.2) is 9.97 Å². The number of hydrogen-bond acceptors (Lipinski definition) is 12. The maximum atomic E-state index is 12.1. The zero-order valence-electron chi connectivity index (χ0n) is 28.7. The largest absolute Gasteiger partial charge is 0.382 e. The van der Waals surface area contributed by atoms with E-state index in [2.05, 4.69) is 35.4 Å². The number of anilines is 1. The predicted molar refractivity (Wildman–Crippen MR) is 189 cm³/mol. The molecule has 0 aliphatic rings. The van der Waals surface area contributed by atoms with Crippen molar-refractivity contribution in [2.24, 2.45) is 0 Å². The molecule has 1 aromatic carbocycles. The summed E-state index contributed by atoms with van der Waals surface area (Å²) in [5.74, 6) is 0.629. The number of unbranched alkanes of at least 4 members (excludes halogenated alkanes) is 2. The number of Topliss-reactive ketones (excluding diaryl/α,β-unsaturated/α-hetero) is 1. The summed E-state index contributed by atoms with van der Waals surface area (Å²) in [6.07, 6.45) is 6.76. The third kappa shape index (κ3) is 16.1. The molecule has 3 rings (SSSR count). The standard InChI is InChI=1S/C35H54N4O8S/c1-3-7-32-39-33-34(48-32)29-10-9-28(26-30(29)38-35(33)36)8-5-4-6-13-37-31(41)12-15-43-17-19-45-21-23-47-25-24-46-22-20-44-18-16-42-14-11-27(2)40/h9-10,26H,3-8,11-25H2,1-2H3,(H2,36,38)(H,37,41). The van der Waals surface area contributed by atoms with Gasteiger partial charge in [-0.1, -0.05) is 25.5 Å². The van der Waals surface area contributed by atoms with Crippen molar-refractivity contribution in [3.8, 4) is 0 Å². The van der Waals surface area contributed by atoms with Crippen LogP contribution in [0.3, 0.4) is 0 Å². The quantitative estimate of drug-likeness (QED) is 0.0977. The van der Waals surface area contributed by atoms with Gasteiger partial charge in [-0.3, -0.25) is 9.59 Å². The fourth-order valence-corrected chi connectivity index (χ4v) is 5.98. The lowest BCUT2D eigenvalue weighted by Crippen LogP contribution is -2.25. The Bertz CT molecular complexity index is 1360. The van der Waals surface area contributed by atoms with Gasteiger partial charge in [-0.2, -0.15) is 0 Å². The molecular weight excluding hydrogens is 636 g/mol. The summed E-state index contributed by atoms with van der Waals surface area (Å²) in [5.41, 5.74) is 9.23. The second-order valence-corrected chi connectivity index (χ2v) is 12.5. The van der Waals surface area contributed by atoms with Crippen molar-refractivity contribution >= 4 is 50.0 Å². The molecule has 0 bridgehead atoms. The number of rotatable bonds is 29. The lowest BCUT2D eigenvalue weighted by Gasteiger charge is -2.08. The topological polar surface area (TPSA) is 153 Å². The molecular formula is C35H54N4O8S. The molecule has 3 aromatic rings. The predicted octanol–water partition coefficient (Wildman–Crippen LogP) is 4.68. The molecule has 268 valence electrons. The Balaban J connectivity index is 1.08. The first-order chi connectivity index (χ1) is 23.5. The molecule has 0 atom stereocenters. The van der Waals surface area contributed by atoms with Crippen LogP contribution in [0.4, 0.5) is 5.82 Å². The Morgan fingerprint density at radius 2 is 1.33 bits per heavy atom. The minimum Gasteiger partial charge on any atom is -0.382 e. The Morgan fingerprint density at radius 1 is 0.750 bits per heavy atom. The second kappa shape index (κ2) is 24.4. The van der Waals surface area contributed by atoms with Crippen LogP contribution >= 0.6 is 11.3 Å². The number of amides is 1. The van der Waals surface area contributed by atoms with Crippen LogP contribution in [0.25, 0.3) is 21.1 Å². The van der Waals surface area contributed by atoms with E-state index in [1.165, 1.54) is 5.56 Å². The number of hydrogen-bond donors (Lipinski definition) is 2. The van der Waals surface area contributed by atoms with Gasteiger partial charge >= 0.3 is 0 Å². The van der Waals surface area contributed by atoms with Gasteiger partial charge in [-0.15, -0.1) is 11.3 Å². The van der Waals surface area contributed by atoms with E-state index in [4.69, 9.17) is 39.1 Å². The maximum absolute atomic E-state index is 12.1. The van der Waals surface area contributed by atoms with Crippen molar-refractivity contribution in [1.82, 2.24) is 15.3 Å².